The fourth-order valence-corrected chi connectivity index (χ4v) is 6.64. The second-order valence-electron chi connectivity index (χ2n) is 8.91. The third-order valence-electron chi connectivity index (χ3n) is 6.83. The summed E-state index contributed by atoms with van der Waals surface area (Å²) in [4.78, 5) is 31.1. The molecule has 2 amide bonds. The van der Waals surface area contributed by atoms with E-state index in [4.69, 9.17) is 4.74 Å². The molecular weight excluding hydrogens is 410 g/mol. The molecule has 31 heavy (non-hydrogen) atoms. The molecule has 2 saturated heterocycles. The van der Waals surface area contributed by atoms with Gasteiger partial charge in [-0.25, -0.2) is 0 Å². The van der Waals surface area contributed by atoms with Crippen LogP contribution < -0.4 is 5.32 Å². The van der Waals surface area contributed by atoms with E-state index in [1.54, 1.807) is 11.8 Å². The lowest BCUT2D eigenvalue weighted by Gasteiger charge is -2.36. The number of nitrogens with zero attached hydrogens (tertiary/aromatic N) is 2. The highest BCUT2D eigenvalue weighted by molar-refractivity contribution is 8.00. The molecule has 7 heteroatoms. The second kappa shape index (κ2) is 10.8. The van der Waals surface area contributed by atoms with Crippen molar-refractivity contribution in [2.45, 2.75) is 50.4 Å². The number of ether oxygens (including phenoxy) is 1. The Morgan fingerprint density at radius 1 is 1.13 bits per heavy atom. The van der Waals surface area contributed by atoms with Crippen molar-refractivity contribution >= 4 is 23.6 Å². The fraction of sp³-hybridized carbons (Fsp3) is 0.667. The third-order valence-corrected chi connectivity index (χ3v) is 8.29. The van der Waals surface area contributed by atoms with Gasteiger partial charge in [0.2, 0.25) is 5.91 Å². The Balaban J connectivity index is 1.46. The normalized spacial score (nSPS) is 25.5. The molecule has 4 rings (SSSR count). The van der Waals surface area contributed by atoms with Gasteiger partial charge < -0.3 is 15.0 Å². The van der Waals surface area contributed by atoms with Crippen LogP contribution in [0.3, 0.4) is 0 Å². The summed E-state index contributed by atoms with van der Waals surface area (Å²) >= 11 is 1.80. The summed E-state index contributed by atoms with van der Waals surface area (Å²) in [5, 5.41) is 3.22. The molecule has 0 spiro atoms. The number of morpholine rings is 1. The Hall–Kier alpha value is -1.57. The Kier molecular flexibility index (Phi) is 7.91. The lowest BCUT2D eigenvalue weighted by Crippen LogP contribution is -2.52. The molecule has 3 fully saturated rings. The van der Waals surface area contributed by atoms with Gasteiger partial charge in [0.1, 0.15) is 6.04 Å². The minimum absolute atomic E-state index is 0.00648. The van der Waals surface area contributed by atoms with E-state index in [1.165, 1.54) is 19.3 Å². The summed E-state index contributed by atoms with van der Waals surface area (Å²) in [6.07, 6.45) is 6.04. The molecule has 2 heterocycles. The lowest BCUT2D eigenvalue weighted by molar-refractivity contribution is -0.125. The van der Waals surface area contributed by atoms with Crippen LogP contribution in [0.5, 0.6) is 0 Å². The number of benzene rings is 1. The first-order valence-corrected chi connectivity index (χ1v) is 12.8. The maximum atomic E-state index is 13.7. The van der Waals surface area contributed by atoms with Gasteiger partial charge in [-0.2, -0.15) is 0 Å². The minimum atomic E-state index is -0.395. The first kappa shape index (κ1) is 22.6. The Morgan fingerprint density at radius 2 is 1.87 bits per heavy atom. The average molecular weight is 446 g/mol. The van der Waals surface area contributed by atoms with Crippen LogP contribution in [0.15, 0.2) is 24.3 Å². The van der Waals surface area contributed by atoms with E-state index in [0.29, 0.717) is 18.2 Å². The van der Waals surface area contributed by atoms with Crippen molar-refractivity contribution in [1.82, 2.24) is 15.1 Å². The van der Waals surface area contributed by atoms with Crippen LogP contribution in [0.2, 0.25) is 0 Å². The van der Waals surface area contributed by atoms with Crippen molar-refractivity contribution in [3.05, 3.63) is 35.4 Å². The molecule has 0 aromatic heterocycles. The van der Waals surface area contributed by atoms with Crippen LogP contribution in [0.4, 0.5) is 0 Å². The summed E-state index contributed by atoms with van der Waals surface area (Å²) in [6, 6.07) is 7.35. The van der Waals surface area contributed by atoms with Crippen molar-refractivity contribution in [3.63, 3.8) is 0 Å². The molecule has 2 atom stereocenters. The van der Waals surface area contributed by atoms with E-state index in [-0.39, 0.29) is 17.2 Å². The maximum Gasteiger partial charge on any atom is 0.255 e. The van der Waals surface area contributed by atoms with Gasteiger partial charge in [-0.1, -0.05) is 37.5 Å². The summed E-state index contributed by atoms with van der Waals surface area (Å²) in [5.74, 6) is 1.16. The molecule has 1 N–H and O–H groups in total. The average Bonchev–Trinajstić information content (AvgIpc) is 3.25. The van der Waals surface area contributed by atoms with E-state index >= 15 is 0 Å². The van der Waals surface area contributed by atoms with Crippen LogP contribution in [0.1, 0.15) is 48.0 Å². The first-order chi connectivity index (χ1) is 15.1. The van der Waals surface area contributed by atoms with Crippen LogP contribution in [-0.4, -0.2) is 78.2 Å². The monoisotopic (exact) mass is 445 g/mol. The standard InChI is InChI=1S/C24H35N3O3S/c1-18-7-5-6-10-20(18)23(29)27-21(17-31-24(27)19-8-3-2-4-9-19)22(28)25-11-12-26-13-15-30-16-14-26/h5-7,10,19,21,24H,2-4,8-9,11-17H2,1H3,(H,25,28). The van der Waals surface area contributed by atoms with Gasteiger partial charge in [0.05, 0.1) is 18.6 Å². The zero-order valence-corrected chi connectivity index (χ0v) is 19.4. The number of aryl methyl sites for hydroxylation is 1. The fourth-order valence-electron chi connectivity index (χ4n) is 5.00. The van der Waals surface area contributed by atoms with E-state index in [2.05, 4.69) is 10.2 Å². The molecule has 0 bridgehead atoms. The largest absolute Gasteiger partial charge is 0.379 e. The highest BCUT2D eigenvalue weighted by Crippen LogP contribution is 2.41. The Labute approximate surface area is 190 Å². The van der Waals surface area contributed by atoms with E-state index in [9.17, 15) is 9.59 Å². The number of carbonyl (C=O) groups excluding carboxylic acids is 2. The number of amides is 2. The van der Waals surface area contributed by atoms with E-state index in [0.717, 1.165) is 56.8 Å². The number of rotatable bonds is 6. The van der Waals surface area contributed by atoms with Crippen molar-refractivity contribution in [1.29, 1.82) is 0 Å². The number of thioether (sulfide) groups is 1. The molecule has 170 valence electrons. The smallest absolute Gasteiger partial charge is 0.255 e. The number of hydrogen-bond donors (Lipinski definition) is 1. The molecule has 1 aliphatic carbocycles. The summed E-state index contributed by atoms with van der Waals surface area (Å²) in [6.45, 7) is 6.76. The van der Waals surface area contributed by atoms with Crippen LogP contribution in [-0.2, 0) is 9.53 Å². The SMILES string of the molecule is Cc1ccccc1C(=O)N1C(C(=O)NCCN2CCOCC2)CSC1C1CCCCC1. The quantitative estimate of drug-likeness (QED) is 0.730. The van der Waals surface area contributed by atoms with E-state index < -0.39 is 6.04 Å². The van der Waals surface area contributed by atoms with Crippen molar-refractivity contribution in [2.75, 3.05) is 45.1 Å². The Morgan fingerprint density at radius 3 is 2.61 bits per heavy atom. The van der Waals surface area contributed by atoms with Gasteiger partial charge in [0, 0.05) is 37.5 Å². The van der Waals surface area contributed by atoms with Crippen LogP contribution in [0.25, 0.3) is 0 Å². The van der Waals surface area contributed by atoms with E-state index in [1.807, 2.05) is 36.1 Å². The molecular formula is C24H35N3O3S. The maximum absolute atomic E-state index is 13.7. The predicted molar refractivity (Wildman–Crippen MR) is 124 cm³/mol. The molecule has 6 nitrogen and oxygen atoms in total. The molecule has 2 unspecified atom stereocenters. The topological polar surface area (TPSA) is 61.9 Å². The van der Waals surface area contributed by atoms with Crippen molar-refractivity contribution < 1.29 is 14.3 Å². The molecule has 0 radical (unpaired) electrons. The van der Waals surface area contributed by atoms with Crippen molar-refractivity contribution in [3.8, 4) is 0 Å². The number of nitrogens with one attached hydrogen (secondary N) is 1. The van der Waals surface area contributed by atoms with Gasteiger partial charge in [-0.3, -0.25) is 14.5 Å². The van der Waals surface area contributed by atoms with Gasteiger partial charge in [0.15, 0.2) is 0 Å². The number of carbonyl (C=O) groups is 2. The van der Waals surface area contributed by atoms with Crippen molar-refractivity contribution in [2.24, 2.45) is 5.92 Å². The summed E-state index contributed by atoms with van der Waals surface area (Å²) < 4.78 is 5.39. The second-order valence-corrected chi connectivity index (χ2v) is 10.1. The lowest BCUT2D eigenvalue weighted by atomic mass is 9.88. The zero-order valence-electron chi connectivity index (χ0n) is 18.6. The summed E-state index contributed by atoms with van der Waals surface area (Å²) in [5.41, 5.74) is 1.69. The molecule has 1 aromatic rings. The predicted octanol–water partition coefficient (Wildman–Crippen LogP) is 2.91. The molecule has 1 aromatic carbocycles. The third kappa shape index (κ3) is 5.44. The highest BCUT2D eigenvalue weighted by Gasteiger charge is 2.45. The zero-order chi connectivity index (χ0) is 21.6. The molecule has 2 aliphatic heterocycles. The summed E-state index contributed by atoms with van der Waals surface area (Å²) in [7, 11) is 0. The van der Waals surface area contributed by atoms with Gasteiger partial charge in [0.25, 0.3) is 5.91 Å². The van der Waals surface area contributed by atoms with Crippen LogP contribution in [0, 0.1) is 12.8 Å². The highest BCUT2D eigenvalue weighted by atomic mass is 32.2. The van der Waals surface area contributed by atoms with Gasteiger partial charge in [-0.15, -0.1) is 11.8 Å². The van der Waals surface area contributed by atoms with Gasteiger partial charge >= 0.3 is 0 Å². The number of hydrogen-bond acceptors (Lipinski definition) is 5. The van der Waals surface area contributed by atoms with Crippen LogP contribution >= 0.6 is 11.8 Å². The molecule has 1 saturated carbocycles. The Bertz CT molecular complexity index is 762. The minimum Gasteiger partial charge on any atom is -0.379 e. The first-order valence-electron chi connectivity index (χ1n) is 11.7. The van der Waals surface area contributed by atoms with Gasteiger partial charge in [-0.05, 0) is 37.3 Å². The molecule has 3 aliphatic rings.